The van der Waals surface area contributed by atoms with Gasteiger partial charge in [0, 0.05) is 7.05 Å². The molecular formula is C21H24N2O4. The van der Waals surface area contributed by atoms with E-state index in [2.05, 4.69) is 0 Å². The summed E-state index contributed by atoms with van der Waals surface area (Å²) in [7, 11) is 1.78. The number of aryl methyl sites for hydroxylation is 2. The third-order valence-electron chi connectivity index (χ3n) is 6.43. The van der Waals surface area contributed by atoms with Crippen molar-refractivity contribution in [3.63, 3.8) is 0 Å². The predicted octanol–water partition coefficient (Wildman–Crippen LogP) is 1.30. The van der Waals surface area contributed by atoms with E-state index < -0.39 is 11.5 Å². The van der Waals surface area contributed by atoms with Gasteiger partial charge in [0.05, 0.1) is 37.6 Å². The molecule has 4 atom stereocenters. The van der Waals surface area contributed by atoms with Crippen molar-refractivity contribution in [3.05, 3.63) is 41.5 Å². The van der Waals surface area contributed by atoms with Gasteiger partial charge >= 0.3 is 0 Å². The standard InChI is InChI=1S/C21H24N2O4/c1-12-5-4-6-13(2)18(12)26-14-9-23(10-14)19(24)16-15-7-8-21(27-15)11-22(3)20(25)17(16)21/h4-8,14-17H,9-11H2,1-3H3/t15-,16-,17+,21-/m1/s1. The number of carbonyl (C=O) groups excluding carboxylic acids is 2. The molecule has 0 unspecified atom stereocenters. The Hall–Kier alpha value is -2.34. The van der Waals surface area contributed by atoms with Crippen LogP contribution in [0.4, 0.5) is 0 Å². The molecule has 0 saturated carbocycles. The largest absolute Gasteiger partial charge is 0.486 e. The Morgan fingerprint density at radius 3 is 2.67 bits per heavy atom. The fraction of sp³-hybridized carbons (Fsp3) is 0.524. The Kier molecular flexibility index (Phi) is 3.47. The van der Waals surface area contributed by atoms with Crippen molar-refractivity contribution in [2.24, 2.45) is 11.8 Å². The van der Waals surface area contributed by atoms with E-state index in [4.69, 9.17) is 9.47 Å². The van der Waals surface area contributed by atoms with Gasteiger partial charge in [-0.15, -0.1) is 0 Å². The van der Waals surface area contributed by atoms with Crippen molar-refractivity contribution in [2.75, 3.05) is 26.7 Å². The average molecular weight is 368 g/mol. The first-order valence-corrected chi connectivity index (χ1v) is 9.53. The first kappa shape index (κ1) is 16.8. The van der Waals surface area contributed by atoms with Crippen LogP contribution in [0.15, 0.2) is 30.4 Å². The molecule has 4 heterocycles. The maximum Gasteiger partial charge on any atom is 0.229 e. The molecule has 5 rings (SSSR count). The Morgan fingerprint density at radius 1 is 1.26 bits per heavy atom. The number of carbonyl (C=O) groups is 2. The van der Waals surface area contributed by atoms with Gasteiger partial charge in [-0.25, -0.2) is 0 Å². The summed E-state index contributed by atoms with van der Waals surface area (Å²) in [6, 6.07) is 6.08. The van der Waals surface area contributed by atoms with Crippen LogP contribution in [0.25, 0.3) is 0 Å². The zero-order valence-corrected chi connectivity index (χ0v) is 15.8. The lowest BCUT2D eigenvalue weighted by Gasteiger charge is -2.41. The van der Waals surface area contributed by atoms with E-state index in [1.165, 1.54) is 0 Å². The molecule has 1 aromatic carbocycles. The fourth-order valence-electron chi connectivity index (χ4n) is 5.03. The van der Waals surface area contributed by atoms with Crippen LogP contribution in [0.2, 0.25) is 0 Å². The van der Waals surface area contributed by atoms with Gasteiger partial charge in [0.1, 0.15) is 17.5 Å². The maximum atomic E-state index is 13.1. The average Bonchev–Trinajstić information content (AvgIpc) is 3.21. The molecule has 2 bridgehead atoms. The number of nitrogens with zero attached hydrogens (tertiary/aromatic N) is 2. The highest BCUT2D eigenvalue weighted by atomic mass is 16.5. The lowest BCUT2D eigenvalue weighted by atomic mass is 9.76. The second-order valence-electron chi connectivity index (χ2n) is 8.30. The fourth-order valence-corrected chi connectivity index (χ4v) is 5.03. The van der Waals surface area contributed by atoms with Gasteiger partial charge in [0.15, 0.2) is 0 Å². The van der Waals surface area contributed by atoms with Gasteiger partial charge in [-0.05, 0) is 25.0 Å². The van der Waals surface area contributed by atoms with Crippen molar-refractivity contribution in [2.45, 2.75) is 31.7 Å². The molecule has 3 saturated heterocycles. The highest BCUT2D eigenvalue weighted by molar-refractivity contribution is 5.93. The van der Waals surface area contributed by atoms with Crippen LogP contribution in [-0.4, -0.2) is 66.1 Å². The third-order valence-corrected chi connectivity index (χ3v) is 6.43. The van der Waals surface area contributed by atoms with Gasteiger partial charge in [-0.2, -0.15) is 0 Å². The summed E-state index contributed by atoms with van der Waals surface area (Å²) in [5.41, 5.74) is 1.61. The summed E-state index contributed by atoms with van der Waals surface area (Å²) in [6.45, 7) is 5.72. The van der Waals surface area contributed by atoms with E-state index in [9.17, 15) is 9.59 Å². The van der Waals surface area contributed by atoms with E-state index in [1.54, 1.807) is 16.8 Å². The van der Waals surface area contributed by atoms with Crippen LogP contribution in [-0.2, 0) is 14.3 Å². The summed E-state index contributed by atoms with van der Waals surface area (Å²) < 4.78 is 12.2. The monoisotopic (exact) mass is 368 g/mol. The molecule has 2 amide bonds. The van der Waals surface area contributed by atoms with E-state index in [1.807, 2.05) is 44.2 Å². The topological polar surface area (TPSA) is 59.1 Å². The molecule has 6 nitrogen and oxygen atoms in total. The van der Waals surface area contributed by atoms with Gasteiger partial charge < -0.3 is 19.3 Å². The smallest absolute Gasteiger partial charge is 0.229 e. The van der Waals surface area contributed by atoms with Crippen LogP contribution >= 0.6 is 0 Å². The number of benzene rings is 1. The Labute approximate surface area is 158 Å². The number of likely N-dealkylation sites (tertiary alicyclic amines) is 2. The molecule has 6 heteroatoms. The van der Waals surface area contributed by atoms with Crippen LogP contribution in [0.1, 0.15) is 11.1 Å². The number of hydrogen-bond acceptors (Lipinski definition) is 4. The minimum Gasteiger partial charge on any atom is -0.486 e. The highest BCUT2D eigenvalue weighted by Crippen LogP contribution is 2.52. The number of ether oxygens (including phenoxy) is 2. The molecule has 0 aromatic heterocycles. The summed E-state index contributed by atoms with van der Waals surface area (Å²) in [6.07, 6.45) is 3.66. The Morgan fingerprint density at radius 2 is 1.96 bits per heavy atom. The molecule has 4 aliphatic rings. The number of likely N-dealkylation sites (N-methyl/N-ethyl adjacent to an activating group) is 1. The maximum absolute atomic E-state index is 13.1. The molecule has 27 heavy (non-hydrogen) atoms. The lowest BCUT2D eigenvalue weighted by molar-refractivity contribution is -0.149. The van der Waals surface area contributed by atoms with Crippen molar-refractivity contribution in [3.8, 4) is 5.75 Å². The molecule has 0 N–H and O–H groups in total. The van der Waals surface area contributed by atoms with Crippen molar-refractivity contribution >= 4 is 11.8 Å². The summed E-state index contributed by atoms with van der Waals surface area (Å²) in [5.74, 6) is 0.148. The summed E-state index contributed by atoms with van der Waals surface area (Å²) in [4.78, 5) is 29.2. The molecule has 3 fully saturated rings. The van der Waals surface area contributed by atoms with Crippen molar-refractivity contribution in [1.82, 2.24) is 9.80 Å². The molecule has 4 aliphatic heterocycles. The van der Waals surface area contributed by atoms with E-state index in [0.29, 0.717) is 19.6 Å². The van der Waals surface area contributed by atoms with E-state index >= 15 is 0 Å². The number of para-hydroxylation sites is 1. The SMILES string of the molecule is Cc1cccc(C)c1OC1CN(C(=O)[C@H]2[C@H]3C(=O)N(C)C[C@]34C=C[C@H]2O4)C1. The molecule has 1 spiro atoms. The van der Waals surface area contributed by atoms with Crippen LogP contribution in [0, 0.1) is 25.7 Å². The molecular weight excluding hydrogens is 344 g/mol. The zero-order valence-electron chi connectivity index (χ0n) is 15.8. The number of rotatable bonds is 3. The van der Waals surface area contributed by atoms with Crippen molar-refractivity contribution in [1.29, 1.82) is 0 Å². The minimum atomic E-state index is -0.601. The third kappa shape index (κ3) is 2.29. The van der Waals surface area contributed by atoms with Crippen LogP contribution in [0.3, 0.4) is 0 Å². The summed E-state index contributed by atoms with van der Waals surface area (Å²) >= 11 is 0. The summed E-state index contributed by atoms with van der Waals surface area (Å²) in [5, 5.41) is 0. The number of fused-ring (bicyclic) bond motifs is 1. The highest BCUT2D eigenvalue weighted by Gasteiger charge is 2.67. The van der Waals surface area contributed by atoms with E-state index in [-0.39, 0.29) is 29.9 Å². The normalized spacial score (nSPS) is 34.2. The van der Waals surface area contributed by atoms with Crippen LogP contribution < -0.4 is 4.74 Å². The Balaban J connectivity index is 1.27. The number of hydrogen-bond donors (Lipinski definition) is 0. The lowest BCUT2D eigenvalue weighted by Crippen LogP contribution is -2.59. The first-order chi connectivity index (χ1) is 12.9. The van der Waals surface area contributed by atoms with Crippen LogP contribution in [0.5, 0.6) is 5.75 Å². The van der Waals surface area contributed by atoms with Gasteiger partial charge in [-0.1, -0.05) is 30.4 Å². The molecule has 142 valence electrons. The van der Waals surface area contributed by atoms with Gasteiger partial charge in [0.2, 0.25) is 11.8 Å². The Bertz CT molecular complexity index is 839. The van der Waals surface area contributed by atoms with Crippen molar-refractivity contribution < 1.29 is 19.1 Å². The van der Waals surface area contributed by atoms with E-state index in [0.717, 1.165) is 16.9 Å². The van der Waals surface area contributed by atoms with Gasteiger partial charge in [-0.3, -0.25) is 9.59 Å². The molecule has 1 aromatic rings. The quantitative estimate of drug-likeness (QED) is 0.755. The zero-order chi connectivity index (χ0) is 18.9. The second-order valence-corrected chi connectivity index (χ2v) is 8.30. The second kappa shape index (κ2) is 5.58. The minimum absolute atomic E-state index is 0.000264. The van der Waals surface area contributed by atoms with Gasteiger partial charge in [0.25, 0.3) is 0 Å². The first-order valence-electron chi connectivity index (χ1n) is 9.53. The number of amides is 2. The predicted molar refractivity (Wildman–Crippen MR) is 98.3 cm³/mol. The molecule has 0 radical (unpaired) electrons. The molecule has 0 aliphatic carbocycles.